The van der Waals surface area contributed by atoms with E-state index in [0.29, 0.717) is 5.15 Å². The molecule has 9 heteroatoms. The molecule has 1 fully saturated rings. The van der Waals surface area contributed by atoms with Crippen molar-refractivity contribution in [2.45, 2.75) is 19.8 Å². The maximum Gasteiger partial charge on any atom is 0.225 e. The van der Waals surface area contributed by atoms with Crippen LogP contribution in [0.2, 0.25) is 5.15 Å². The molecule has 0 bridgehead atoms. The van der Waals surface area contributed by atoms with Crippen molar-refractivity contribution in [3.63, 3.8) is 0 Å². The highest BCUT2D eigenvalue weighted by molar-refractivity contribution is 6.29. The fraction of sp³-hybridized carbons (Fsp3) is 0.524. The monoisotopic (exact) mass is 430 g/mol. The number of pyridine rings is 1. The second-order valence-corrected chi connectivity index (χ2v) is 7.54. The normalized spacial score (nSPS) is 15.3. The number of halogens is 1. The molecule has 30 heavy (non-hydrogen) atoms. The van der Waals surface area contributed by atoms with Crippen LogP contribution in [0, 0.1) is 0 Å². The largest absolute Gasteiger partial charge is 0.357 e. The van der Waals surface area contributed by atoms with E-state index in [1.165, 1.54) is 0 Å². The Bertz CT molecular complexity index is 760. The van der Waals surface area contributed by atoms with Gasteiger partial charge in [-0.3, -0.25) is 9.89 Å². The maximum absolute atomic E-state index is 5.83. The van der Waals surface area contributed by atoms with Crippen molar-refractivity contribution in [2.24, 2.45) is 4.99 Å². The van der Waals surface area contributed by atoms with Crippen LogP contribution in [0.3, 0.4) is 0 Å². The summed E-state index contributed by atoms with van der Waals surface area (Å²) in [4.78, 5) is 22.2. The van der Waals surface area contributed by atoms with Crippen molar-refractivity contribution in [1.29, 1.82) is 0 Å². The summed E-state index contributed by atoms with van der Waals surface area (Å²) < 4.78 is 0. The molecule has 0 atom stereocenters. The van der Waals surface area contributed by atoms with E-state index < -0.39 is 0 Å². The van der Waals surface area contributed by atoms with Gasteiger partial charge in [-0.2, -0.15) is 0 Å². The molecule has 2 aromatic heterocycles. The van der Waals surface area contributed by atoms with E-state index in [1.54, 1.807) is 12.4 Å². The third-order valence-corrected chi connectivity index (χ3v) is 5.17. The van der Waals surface area contributed by atoms with E-state index in [4.69, 9.17) is 16.6 Å². The van der Waals surface area contributed by atoms with Gasteiger partial charge in [-0.1, -0.05) is 17.7 Å². The molecule has 0 aliphatic carbocycles. The Morgan fingerprint density at radius 3 is 2.60 bits per heavy atom. The van der Waals surface area contributed by atoms with Crippen molar-refractivity contribution < 1.29 is 0 Å². The smallest absolute Gasteiger partial charge is 0.225 e. The van der Waals surface area contributed by atoms with Gasteiger partial charge in [0.15, 0.2) is 5.96 Å². The SMILES string of the molecule is CCNC(=NCCCN1CCN(c2ncccn2)CC1)NCCc1ccc(Cl)nc1. The minimum atomic E-state index is 0.524. The van der Waals surface area contributed by atoms with Gasteiger partial charge < -0.3 is 15.5 Å². The van der Waals surface area contributed by atoms with Crippen molar-refractivity contribution in [3.05, 3.63) is 47.5 Å². The van der Waals surface area contributed by atoms with Crippen molar-refractivity contribution >= 4 is 23.5 Å². The molecule has 0 spiro atoms. The molecule has 3 heterocycles. The highest BCUT2D eigenvalue weighted by Gasteiger charge is 2.18. The lowest BCUT2D eigenvalue weighted by Gasteiger charge is -2.34. The van der Waals surface area contributed by atoms with E-state index in [9.17, 15) is 0 Å². The lowest BCUT2D eigenvalue weighted by molar-refractivity contribution is 0.255. The molecule has 0 amide bonds. The zero-order valence-electron chi connectivity index (χ0n) is 17.6. The molecule has 2 N–H and O–H groups in total. The third kappa shape index (κ3) is 7.42. The van der Waals surface area contributed by atoms with Crippen LogP contribution < -0.4 is 15.5 Å². The summed E-state index contributed by atoms with van der Waals surface area (Å²) in [5.74, 6) is 1.70. The van der Waals surface area contributed by atoms with Crippen LogP contribution in [0.5, 0.6) is 0 Å². The molecule has 1 aliphatic rings. The van der Waals surface area contributed by atoms with Gasteiger partial charge in [0.05, 0.1) is 0 Å². The van der Waals surface area contributed by atoms with E-state index in [2.05, 4.69) is 42.3 Å². The summed E-state index contributed by atoms with van der Waals surface area (Å²) in [7, 11) is 0. The Morgan fingerprint density at radius 1 is 1.10 bits per heavy atom. The average molecular weight is 431 g/mol. The molecule has 0 unspecified atom stereocenters. The van der Waals surface area contributed by atoms with Crippen LogP contribution in [0.4, 0.5) is 5.95 Å². The number of guanidine groups is 1. The number of aromatic nitrogens is 3. The van der Waals surface area contributed by atoms with Crippen LogP contribution in [0.1, 0.15) is 18.9 Å². The maximum atomic E-state index is 5.83. The molecule has 1 saturated heterocycles. The lowest BCUT2D eigenvalue weighted by Crippen LogP contribution is -2.47. The number of hydrogen-bond acceptors (Lipinski definition) is 6. The minimum Gasteiger partial charge on any atom is -0.357 e. The highest BCUT2D eigenvalue weighted by atomic mass is 35.5. The Labute approximate surface area is 183 Å². The summed E-state index contributed by atoms with van der Waals surface area (Å²) in [5.41, 5.74) is 1.16. The van der Waals surface area contributed by atoms with Crippen molar-refractivity contribution in [1.82, 2.24) is 30.5 Å². The Balaban J connectivity index is 1.33. The average Bonchev–Trinajstić information content (AvgIpc) is 2.79. The van der Waals surface area contributed by atoms with Crippen LogP contribution in [-0.2, 0) is 6.42 Å². The van der Waals surface area contributed by atoms with E-state index >= 15 is 0 Å². The van der Waals surface area contributed by atoms with E-state index in [1.807, 2.05) is 24.4 Å². The third-order valence-electron chi connectivity index (χ3n) is 4.95. The van der Waals surface area contributed by atoms with Gasteiger partial charge in [-0.05, 0) is 37.5 Å². The molecular weight excluding hydrogens is 400 g/mol. The quantitative estimate of drug-likeness (QED) is 0.272. The van der Waals surface area contributed by atoms with Crippen LogP contribution in [-0.4, -0.2) is 78.2 Å². The number of rotatable bonds is 9. The van der Waals surface area contributed by atoms with Gasteiger partial charge in [0, 0.05) is 70.9 Å². The predicted octanol–water partition coefficient (Wildman–Crippen LogP) is 1.83. The zero-order chi connectivity index (χ0) is 21.0. The first-order valence-corrected chi connectivity index (χ1v) is 11.0. The van der Waals surface area contributed by atoms with Gasteiger partial charge in [-0.25, -0.2) is 15.0 Å². The Hall–Kier alpha value is -2.45. The second-order valence-electron chi connectivity index (χ2n) is 7.16. The molecule has 2 aromatic rings. The highest BCUT2D eigenvalue weighted by Crippen LogP contribution is 2.09. The molecule has 0 saturated carbocycles. The summed E-state index contributed by atoms with van der Waals surface area (Å²) in [6, 6.07) is 5.68. The predicted molar refractivity (Wildman–Crippen MR) is 122 cm³/mol. The summed E-state index contributed by atoms with van der Waals surface area (Å²) in [5, 5.41) is 7.22. The van der Waals surface area contributed by atoms with Gasteiger partial charge >= 0.3 is 0 Å². The van der Waals surface area contributed by atoms with Crippen LogP contribution in [0.25, 0.3) is 0 Å². The van der Waals surface area contributed by atoms with Gasteiger partial charge in [0.25, 0.3) is 0 Å². The number of anilines is 1. The fourth-order valence-corrected chi connectivity index (χ4v) is 3.44. The van der Waals surface area contributed by atoms with Gasteiger partial charge in [0.1, 0.15) is 5.15 Å². The molecule has 0 aromatic carbocycles. The molecule has 8 nitrogen and oxygen atoms in total. The first-order valence-electron chi connectivity index (χ1n) is 10.6. The lowest BCUT2D eigenvalue weighted by atomic mass is 10.2. The summed E-state index contributed by atoms with van der Waals surface area (Å²) in [6.45, 7) is 9.61. The van der Waals surface area contributed by atoms with Gasteiger partial charge in [0.2, 0.25) is 5.95 Å². The van der Waals surface area contributed by atoms with E-state index in [0.717, 1.165) is 82.7 Å². The molecule has 3 rings (SSSR count). The van der Waals surface area contributed by atoms with Crippen molar-refractivity contribution in [3.8, 4) is 0 Å². The molecular formula is C21H31ClN8. The number of aliphatic imine (C=N–C) groups is 1. The molecule has 0 radical (unpaired) electrons. The standard InChI is InChI=1S/C21H31ClN8/c1-2-23-20(25-11-7-18-5-6-19(22)28-17-18)24-10-4-12-29-13-15-30(16-14-29)21-26-8-3-9-27-21/h3,5-6,8-9,17H,2,4,7,10-16H2,1H3,(H2,23,24,25). The Morgan fingerprint density at radius 2 is 1.90 bits per heavy atom. The number of hydrogen-bond donors (Lipinski definition) is 2. The topological polar surface area (TPSA) is 81.6 Å². The summed E-state index contributed by atoms with van der Waals surface area (Å²) >= 11 is 5.83. The van der Waals surface area contributed by atoms with Crippen LogP contribution in [0.15, 0.2) is 41.8 Å². The van der Waals surface area contributed by atoms with Crippen molar-refractivity contribution in [2.75, 3.05) is 57.3 Å². The summed E-state index contributed by atoms with van der Waals surface area (Å²) in [6.07, 6.45) is 7.34. The van der Waals surface area contributed by atoms with Crippen LogP contribution >= 0.6 is 11.6 Å². The fourth-order valence-electron chi connectivity index (χ4n) is 3.33. The van der Waals surface area contributed by atoms with E-state index in [-0.39, 0.29) is 0 Å². The molecule has 162 valence electrons. The number of nitrogens with one attached hydrogen (secondary N) is 2. The molecule has 1 aliphatic heterocycles. The number of piperazine rings is 1. The zero-order valence-corrected chi connectivity index (χ0v) is 18.4. The number of nitrogens with zero attached hydrogens (tertiary/aromatic N) is 6. The second kappa shape index (κ2) is 12.3. The van der Waals surface area contributed by atoms with Gasteiger partial charge in [-0.15, -0.1) is 0 Å². The Kier molecular flexibility index (Phi) is 9.11. The first-order chi connectivity index (χ1) is 14.7. The minimum absolute atomic E-state index is 0.524. The first kappa shape index (κ1) is 22.2.